The first kappa shape index (κ1) is 31.6. The molecule has 1 atom stereocenters. The third-order valence-electron chi connectivity index (χ3n) is 10.3. The zero-order valence-electron chi connectivity index (χ0n) is 28.3. The standard InChI is InChI=1S/C36H42N8O5/c1-35(2,3)49-34(45)42-27(21-40-13-12-36(23-40)10-6-11-36)16-25-9-8-24(15-31(25)42)20-41-22-30(38-39-41)28-17-26(44(46)47)18-32-29(28)19-37-43(32)33-7-4-5-14-48-33/h8-9,15-19,22,33H,4-7,10-14,20-21,23H2,1-3H3. The van der Waals surface area contributed by atoms with E-state index in [1.165, 1.54) is 31.7 Å². The molecule has 2 aliphatic heterocycles. The smallest absolute Gasteiger partial charge is 0.419 e. The monoisotopic (exact) mass is 666 g/mol. The summed E-state index contributed by atoms with van der Waals surface area (Å²) in [5, 5.41) is 27.1. The van der Waals surface area contributed by atoms with E-state index in [0.717, 1.165) is 59.9 Å². The Hall–Kier alpha value is -4.62. The maximum absolute atomic E-state index is 13.7. The summed E-state index contributed by atoms with van der Waals surface area (Å²) in [6.45, 7) is 9.49. The van der Waals surface area contributed by atoms with Crippen LogP contribution < -0.4 is 0 Å². The van der Waals surface area contributed by atoms with E-state index in [-0.39, 0.29) is 18.0 Å². The molecule has 0 bridgehead atoms. The van der Waals surface area contributed by atoms with Gasteiger partial charge in [0.1, 0.15) is 11.3 Å². The molecule has 1 unspecified atom stereocenters. The van der Waals surface area contributed by atoms with Crippen molar-refractivity contribution >= 4 is 33.6 Å². The van der Waals surface area contributed by atoms with Crippen LogP contribution >= 0.6 is 0 Å². The van der Waals surface area contributed by atoms with Gasteiger partial charge in [0, 0.05) is 53.9 Å². The lowest BCUT2D eigenvalue weighted by molar-refractivity contribution is -0.384. The van der Waals surface area contributed by atoms with Gasteiger partial charge in [-0.3, -0.25) is 15.0 Å². The van der Waals surface area contributed by atoms with Gasteiger partial charge in [-0.25, -0.2) is 18.7 Å². The largest absolute Gasteiger partial charge is 0.443 e. The van der Waals surface area contributed by atoms with E-state index < -0.39 is 10.5 Å². The third kappa shape index (κ3) is 6.10. The van der Waals surface area contributed by atoms with Crippen LogP contribution in [0, 0.1) is 15.5 Å². The van der Waals surface area contributed by atoms with Gasteiger partial charge in [0.25, 0.3) is 5.69 Å². The predicted molar refractivity (Wildman–Crippen MR) is 183 cm³/mol. The van der Waals surface area contributed by atoms with E-state index in [1.807, 2.05) is 39.0 Å². The topological polar surface area (TPSA) is 135 Å². The number of carbonyl (C=O) groups is 1. The lowest BCUT2D eigenvalue weighted by atomic mass is 9.68. The molecule has 13 nitrogen and oxygen atoms in total. The van der Waals surface area contributed by atoms with Crippen molar-refractivity contribution < 1.29 is 19.2 Å². The molecule has 2 aromatic carbocycles. The van der Waals surface area contributed by atoms with Crippen LogP contribution in [-0.2, 0) is 22.6 Å². The number of benzene rings is 2. The molecule has 5 heterocycles. The molecule has 1 aliphatic carbocycles. The Morgan fingerprint density at radius 3 is 2.65 bits per heavy atom. The predicted octanol–water partition coefficient (Wildman–Crippen LogP) is 7.06. The summed E-state index contributed by atoms with van der Waals surface area (Å²) >= 11 is 0. The summed E-state index contributed by atoms with van der Waals surface area (Å²) in [6.07, 6.45) is 10.8. The number of hydrogen-bond acceptors (Lipinski definition) is 9. The van der Waals surface area contributed by atoms with Gasteiger partial charge in [-0.05, 0) is 89.0 Å². The average molecular weight is 667 g/mol. The number of carbonyl (C=O) groups excluding carboxylic acids is 1. The second kappa shape index (κ2) is 12.1. The Balaban J connectivity index is 1.10. The minimum Gasteiger partial charge on any atom is -0.443 e. The average Bonchev–Trinajstić information content (AvgIpc) is 3.84. The van der Waals surface area contributed by atoms with Crippen molar-refractivity contribution in [2.24, 2.45) is 5.41 Å². The normalized spacial score (nSPS) is 19.5. The zero-order chi connectivity index (χ0) is 33.9. The molecule has 256 valence electrons. The molecule has 1 saturated carbocycles. The van der Waals surface area contributed by atoms with Crippen molar-refractivity contribution in [2.45, 2.75) is 90.6 Å². The van der Waals surface area contributed by atoms with Crippen LogP contribution in [0.5, 0.6) is 0 Å². The number of nitro benzene ring substituents is 1. The van der Waals surface area contributed by atoms with Gasteiger partial charge in [0.15, 0.2) is 6.23 Å². The van der Waals surface area contributed by atoms with E-state index in [4.69, 9.17) is 9.47 Å². The Morgan fingerprint density at radius 1 is 1.08 bits per heavy atom. The molecule has 5 aromatic rings. The molecular formula is C36H42N8O5. The maximum atomic E-state index is 13.7. The highest BCUT2D eigenvalue weighted by Gasteiger charge is 2.42. The Kier molecular flexibility index (Phi) is 7.79. The van der Waals surface area contributed by atoms with Gasteiger partial charge < -0.3 is 9.47 Å². The number of nitro groups is 1. The molecule has 0 amide bonds. The highest BCUT2D eigenvalue weighted by molar-refractivity contribution is 5.95. The van der Waals surface area contributed by atoms with Gasteiger partial charge >= 0.3 is 6.09 Å². The molecule has 3 fully saturated rings. The van der Waals surface area contributed by atoms with Crippen LogP contribution in [0.1, 0.15) is 83.2 Å². The number of aromatic nitrogens is 6. The summed E-state index contributed by atoms with van der Waals surface area (Å²) in [6, 6.07) is 11.3. The van der Waals surface area contributed by atoms with E-state index in [1.54, 1.807) is 32.4 Å². The van der Waals surface area contributed by atoms with Crippen molar-refractivity contribution in [1.29, 1.82) is 0 Å². The number of hydrogen-bond donors (Lipinski definition) is 0. The zero-order valence-corrected chi connectivity index (χ0v) is 28.3. The molecule has 0 N–H and O–H groups in total. The molecule has 3 aromatic heterocycles. The van der Waals surface area contributed by atoms with Gasteiger partial charge in [0.2, 0.25) is 0 Å². The van der Waals surface area contributed by atoms with Crippen molar-refractivity contribution in [3.05, 3.63) is 70.2 Å². The first-order valence-corrected chi connectivity index (χ1v) is 17.3. The quantitative estimate of drug-likeness (QED) is 0.132. The fourth-order valence-electron chi connectivity index (χ4n) is 7.80. The van der Waals surface area contributed by atoms with Crippen molar-refractivity contribution in [2.75, 3.05) is 19.7 Å². The highest BCUT2D eigenvalue weighted by Crippen LogP contribution is 2.48. The highest BCUT2D eigenvalue weighted by atomic mass is 16.6. The lowest BCUT2D eigenvalue weighted by Gasteiger charge is -2.38. The van der Waals surface area contributed by atoms with E-state index >= 15 is 0 Å². The van der Waals surface area contributed by atoms with Crippen LogP contribution in [-0.4, -0.2) is 70.6 Å². The van der Waals surface area contributed by atoms with Crippen LogP contribution in [0.3, 0.4) is 0 Å². The second-order valence-corrected chi connectivity index (χ2v) is 15.1. The fraction of sp³-hybridized carbons (Fsp3) is 0.500. The molecule has 0 radical (unpaired) electrons. The number of ether oxygens (including phenoxy) is 2. The minimum absolute atomic E-state index is 0.0458. The van der Waals surface area contributed by atoms with Gasteiger partial charge in [-0.2, -0.15) is 5.10 Å². The number of likely N-dealkylation sites (tertiary alicyclic amines) is 1. The number of rotatable bonds is 7. The lowest BCUT2D eigenvalue weighted by Crippen LogP contribution is -2.33. The second-order valence-electron chi connectivity index (χ2n) is 15.1. The molecule has 2 saturated heterocycles. The van der Waals surface area contributed by atoms with Crippen LogP contribution in [0.25, 0.3) is 33.1 Å². The van der Waals surface area contributed by atoms with Gasteiger partial charge in [-0.15, -0.1) is 5.10 Å². The summed E-state index contributed by atoms with van der Waals surface area (Å²) in [5.74, 6) is 0. The molecule has 49 heavy (non-hydrogen) atoms. The summed E-state index contributed by atoms with van der Waals surface area (Å²) in [4.78, 5) is 27.7. The first-order chi connectivity index (χ1) is 23.5. The number of fused-ring (bicyclic) bond motifs is 2. The molecule has 13 heteroatoms. The molecular weight excluding hydrogens is 624 g/mol. The van der Waals surface area contributed by atoms with Crippen molar-refractivity contribution in [3.8, 4) is 11.3 Å². The van der Waals surface area contributed by atoms with Crippen LogP contribution in [0.4, 0.5) is 10.5 Å². The number of nitrogens with zero attached hydrogens (tertiary/aromatic N) is 8. The summed E-state index contributed by atoms with van der Waals surface area (Å²) < 4.78 is 17.0. The van der Waals surface area contributed by atoms with Crippen LogP contribution in [0.15, 0.2) is 48.8 Å². The Labute approximate surface area is 283 Å². The van der Waals surface area contributed by atoms with Gasteiger partial charge in [-0.1, -0.05) is 23.8 Å². The van der Waals surface area contributed by atoms with E-state index in [9.17, 15) is 14.9 Å². The fourth-order valence-corrected chi connectivity index (χ4v) is 7.80. The third-order valence-corrected chi connectivity index (χ3v) is 10.3. The van der Waals surface area contributed by atoms with Gasteiger partial charge in [0.05, 0.1) is 34.9 Å². The summed E-state index contributed by atoms with van der Waals surface area (Å²) in [5.41, 5.74) is 4.15. The maximum Gasteiger partial charge on any atom is 0.419 e. The Bertz CT molecular complexity index is 2060. The Morgan fingerprint density at radius 2 is 1.94 bits per heavy atom. The van der Waals surface area contributed by atoms with E-state index in [0.29, 0.717) is 41.9 Å². The van der Waals surface area contributed by atoms with Crippen LogP contribution in [0.2, 0.25) is 0 Å². The molecule has 3 aliphatic rings. The minimum atomic E-state index is -0.638. The molecule has 8 rings (SSSR count). The van der Waals surface area contributed by atoms with Crippen molar-refractivity contribution in [3.63, 3.8) is 0 Å². The SMILES string of the molecule is CC(C)(C)OC(=O)n1c(CN2CCC3(CCC3)C2)cc2ccc(Cn3cc(-c4cc([N+](=O)[O-])cc5c4cnn5C4CCCCO4)nn3)cc21. The van der Waals surface area contributed by atoms with E-state index in [2.05, 4.69) is 26.4 Å². The molecule has 1 spiro atoms. The number of non-ortho nitro benzene ring substituents is 1. The van der Waals surface area contributed by atoms with Crippen molar-refractivity contribution in [1.82, 2.24) is 34.2 Å². The summed E-state index contributed by atoms with van der Waals surface area (Å²) in [7, 11) is 0. The first-order valence-electron chi connectivity index (χ1n) is 17.3.